The first-order chi connectivity index (χ1) is 7.72. The molecular weight excluding hydrogens is 200 g/mol. The van der Waals surface area contributed by atoms with Crippen LogP contribution in [0.2, 0.25) is 0 Å². The van der Waals surface area contributed by atoms with Gasteiger partial charge in [0.15, 0.2) is 0 Å². The normalized spacial score (nSPS) is 25.4. The van der Waals surface area contributed by atoms with Gasteiger partial charge in [-0.3, -0.25) is 0 Å². The summed E-state index contributed by atoms with van der Waals surface area (Å²) in [7, 11) is 1.70. The van der Waals surface area contributed by atoms with Crippen molar-refractivity contribution < 1.29 is 9.84 Å². The third kappa shape index (κ3) is 2.22. The van der Waals surface area contributed by atoms with Crippen molar-refractivity contribution in [3.8, 4) is 5.75 Å². The van der Waals surface area contributed by atoms with Gasteiger partial charge in [-0.25, -0.2) is 0 Å². The molecule has 0 amide bonds. The summed E-state index contributed by atoms with van der Waals surface area (Å²) >= 11 is 0. The lowest BCUT2D eigenvalue weighted by atomic mass is 9.81. The molecule has 88 valence electrons. The summed E-state index contributed by atoms with van der Waals surface area (Å²) in [6.45, 7) is 2.08. The van der Waals surface area contributed by atoms with E-state index in [0.29, 0.717) is 0 Å². The molecule has 1 aromatic carbocycles. The summed E-state index contributed by atoms with van der Waals surface area (Å²) in [5.41, 5.74) is 2.41. The molecule has 2 atom stereocenters. The molecule has 0 bridgehead atoms. The molecule has 2 nitrogen and oxygen atoms in total. The van der Waals surface area contributed by atoms with Crippen molar-refractivity contribution in [2.45, 2.75) is 44.6 Å². The zero-order chi connectivity index (χ0) is 11.5. The average Bonchev–Trinajstić information content (AvgIpc) is 2.29. The third-order valence-corrected chi connectivity index (χ3v) is 3.51. The van der Waals surface area contributed by atoms with Gasteiger partial charge in [0, 0.05) is 11.5 Å². The van der Waals surface area contributed by atoms with Crippen LogP contribution in [0.4, 0.5) is 0 Å². The molecule has 0 heterocycles. The maximum absolute atomic E-state index is 10.1. The van der Waals surface area contributed by atoms with E-state index >= 15 is 0 Å². The molecule has 2 rings (SSSR count). The first kappa shape index (κ1) is 11.5. The molecule has 1 saturated carbocycles. The van der Waals surface area contributed by atoms with Crippen LogP contribution in [0.5, 0.6) is 5.75 Å². The molecular formula is C14H20O2. The summed E-state index contributed by atoms with van der Waals surface area (Å²) in [5, 5.41) is 10.1. The second-order valence-electron chi connectivity index (χ2n) is 4.70. The molecule has 1 aliphatic carbocycles. The number of ether oxygens (including phenoxy) is 1. The summed E-state index contributed by atoms with van der Waals surface area (Å²) < 4.78 is 5.39. The van der Waals surface area contributed by atoms with E-state index in [4.69, 9.17) is 4.74 Å². The van der Waals surface area contributed by atoms with Crippen LogP contribution >= 0.6 is 0 Å². The minimum atomic E-state index is -0.204. The van der Waals surface area contributed by atoms with E-state index in [0.717, 1.165) is 25.0 Å². The van der Waals surface area contributed by atoms with Crippen molar-refractivity contribution >= 4 is 0 Å². The minimum absolute atomic E-state index is 0.204. The molecule has 0 spiro atoms. The highest BCUT2D eigenvalue weighted by Crippen LogP contribution is 2.37. The van der Waals surface area contributed by atoms with Crippen molar-refractivity contribution in [1.82, 2.24) is 0 Å². The minimum Gasteiger partial charge on any atom is -0.496 e. The van der Waals surface area contributed by atoms with Crippen molar-refractivity contribution in [3.63, 3.8) is 0 Å². The Balaban J connectivity index is 2.33. The van der Waals surface area contributed by atoms with Crippen LogP contribution in [-0.4, -0.2) is 18.3 Å². The number of aryl methyl sites for hydroxylation is 1. The van der Waals surface area contributed by atoms with Gasteiger partial charge in [0.1, 0.15) is 5.75 Å². The van der Waals surface area contributed by atoms with E-state index < -0.39 is 0 Å². The number of benzene rings is 1. The molecule has 0 unspecified atom stereocenters. The summed E-state index contributed by atoms with van der Waals surface area (Å²) in [6.07, 6.45) is 4.14. The first-order valence-corrected chi connectivity index (χ1v) is 6.05. The monoisotopic (exact) mass is 220 g/mol. The van der Waals surface area contributed by atoms with Crippen LogP contribution < -0.4 is 4.74 Å². The molecule has 2 heteroatoms. The van der Waals surface area contributed by atoms with Crippen LogP contribution in [0.3, 0.4) is 0 Å². The zero-order valence-electron chi connectivity index (χ0n) is 10.1. The highest BCUT2D eigenvalue weighted by atomic mass is 16.5. The Morgan fingerprint density at radius 1 is 1.25 bits per heavy atom. The van der Waals surface area contributed by atoms with Gasteiger partial charge in [0.25, 0.3) is 0 Å². The Labute approximate surface area is 97.3 Å². The van der Waals surface area contributed by atoms with Crippen molar-refractivity contribution in [1.29, 1.82) is 0 Å². The molecule has 1 fully saturated rings. The van der Waals surface area contributed by atoms with Gasteiger partial charge < -0.3 is 9.84 Å². The highest BCUT2D eigenvalue weighted by Gasteiger charge is 2.26. The first-order valence-electron chi connectivity index (χ1n) is 6.05. The summed E-state index contributed by atoms with van der Waals surface area (Å²) in [6, 6.07) is 6.21. The SMILES string of the molecule is COc1ccc(C)cc1[C@H]1CCCC[C@@H]1O. The molecule has 0 aliphatic heterocycles. The molecule has 0 radical (unpaired) electrons. The van der Waals surface area contributed by atoms with Crippen molar-refractivity contribution in [2.75, 3.05) is 7.11 Å². The van der Waals surface area contributed by atoms with Gasteiger partial charge in [-0.05, 0) is 25.8 Å². The number of aliphatic hydroxyl groups excluding tert-OH is 1. The number of aliphatic hydroxyl groups is 1. The third-order valence-electron chi connectivity index (χ3n) is 3.51. The molecule has 16 heavy (non-hydrogen) atoms. The molecule has 1 N–H and O–H groups in total. The second-order valence-corrected chi connectivity index (χ2v) is 4.70. The molecule has 1 aromatic rings. The van der Waals surface area contributed by atoms with Gasteiger partial charge in [-0.1, -0.05) is 30.5 Å². The topological polar surface area (TPSA) is 29.5 Å². The zero-order valence-corrected chi connectivity index (χ0v) is 10.1. The Hall–Kier alpha value is -1.02. The lowest BCUT2D eigenvalue weighted by Crippen LogP contribution is -2.23. The lowest BCUT2D eigenvalue weighted by Gasteiger charge is -2.29. The van der Waals surface area contributed by atoms with Gasteiger partial charge in [-0.2, -0.15) is 0 Å². The Bertz CT molecular complexity index is 360. The van der Waals surface area contributed by atoms with Gasteiger partial charge in [0.05, 0.1) is 13.2 Å². The summed E-state index contributed by atoms with van der Waals surface area (Å²) in [5.74, 6) is 1.17. The van der Waals surface area contributed by atoms with Crippen LogP contribution in [0.25, 0.3) is 0 Å². The van der Waals surface area contributed by atoms with E-state index in [1.165, 1.54) is 17.5 Å². The van der Waals surface area contributed by atoms with Crippen molar-refractivity contribution in [3.05, 3.63) is 29.3 Å². The predicted molar refractivity (Wildman–Crippen MR) is 64.9 cm³/mol. The summed E-state index contributed by atoms with van der Waals surface area (Å²) in [4.78, 5) is 0. The Morgan fingerprint density at radius 3 is 2.69 bits per heavy atom. The van der Waals surface area contributed by atoms with Gasteiger partial charge >= 0.3 is 0 Å². The van der Waals surface area contributed by atoms with Gasteiger partial charge in [-0.15, -0.1) is 0 Å². The highest BCUT2D eigenvalue weighted by molar-refractivity contribution is 5.40. The van der Waals surface area contributed by atoms with Crippen LogP contribution in [0.15, 0.2) is 18.2 Å². The molecule has 0 aromatic heterocycles. The second kappa shape index (κ2) is 4.88. The maximum atomic E-state index is 10.1. The van der Waals surface area contributed by atoms with E-state index in [1.54, 1.807) is 7.11 Å². The van der Waals surface area contributed by atoms with Gasteiger partial charge in [0.2, 0.25) is 0 Å². The molecule has 0 saturated heterocycles. The largest absolute Gasteiger partial charge is 0.496 e. The quantitative estimate of drug-likeness (QED) is 0.830. The van der Waals surface area contributed by atoms with E-state index in [-0.39, 0.29) is 12.0 Å². The van der Waals surface area contributed by atoms with E-state index in [9.17, 15) is 5.11 Å². The van der Waals surface area contributed by atoms with E-state index in [2.05, 4.69) is 19.1 Å². The average molecular weight is 220 g/mol. The Morgan fingerprint density at radius 2 is 2.00 bits per heavy atom. The fraction of sp³-hybridized carbons (Fsp3) is 0.571. The number of hydrogen-bond donors (Lipinski definition) is 1. The van der Waals surface area contributed by atoms with E-state index in [1.807, 2.05) is 6.07 Å². The fourth-order valence-corrected chi connectivity index (χ4v) is 2.62. The lowest BCUT2D eigenvalue weighted by molar-refractivity contribution is 0.105. The fourth-order valence-electron chi connectivity index (χ4n) is 2.62. The van der Waals surface area contributed by atoms with Crippen molar-refractivity contribution in [2.24, 2.45) is 0 Å². The predicted octanol–water partition coefficient (Wildman–Crippen LogP) is 3.02. The van der Waals surface area contributed by atoms with Crippen LogP contribution in [0.1, 0.15) is 42.7 Å². The smallest absolute Gasteiger partial charge is 0.122 e. The van der Waals surface area contributed by atoms with Crippen LogP contribution in [-0.2, 0) is 0 Å². The number of hydrogen-bond acceptors (Lipinski definition) is 2. The maximum Gasteiger partial charge on any atom is 0.122 e. The number of methoxy groups -OCH3 is 1. The standard InChI is InChI=1S/C14H20O2/c1-10-7-8-14(16-2)12(9-10)11-5-3-4-6-13(11)15/h7-9,11,13,15H,3-6H2,1-2H3/t11-,13+/m1/s1. The Kier molecular flexibility index (Phi) is 3.49. The molecule has 1 aliphatic rings. The van der Waals surface area contributed by atoms with Crippen LogP contribution in [0, 0.1) is 6.92 Å². The number of rotatable bonds is 2.